The van der Waals surface area contributed by atoms with Gasteiger partial charge in [0.2, 0.25) is 0 Å². The minimum Gasteiger partial charge on any atom is -0.477 e. The van der Waals surface area contributed by atoms with Crippen molar-refractivity contribution < 1.29 is 9.90 Å². The predicted octanol–water partition coefficient (Wildman–Crippen LogP) is 1.45. The second kappa shape index (κ2) is 4.12. The third-order valence-electron chi connectivity index (χ3n) is 3.03. The molecule has 86 valence electrons. The van der Waals surface area contributed by atoms with Crippen LogP contribution in [0, 0.1) is 0 Å². The van der Waals surface area contributed by atoms with Gasteiger partial charge in [0.1, 0.15) is 5.56 Å². The molecule has 4 heteroatoms. The zero-order valence-corrected chi connectivity index (χ0v) is 9.32. The first-order chi connectivity index (χ1) is 7.65. The Bertz CT molecular complexity index is 488. The van der Waals surface area contributed by atoms with Gasteiger partial charge in [0.15, 0.2) is 0 Å². The maximum atomic E-state index is 11.9. The second-order valence-electron chi connectivity index (χ2n) is 4.15. The highest BCUT2D eigenvalue weighted by molar-refractivity contribution is 5.87. The van der Waals surface area contributed by atoms with Crippen LogP contribution in [0.2, 0.25) is 0 Å². The number of fused-ring (bicyclic) bond motifs is 1. The number of aromatic carboxylic acids is 1. The summed E-state index contributed by atoms with van der Waals surface area (Å²) in [6, 6.07) is 1.55. The van der Waals surface area contributed by atoms with Gasteiger partial charge in [-0.1, -0.05) is 6.92 Å². The molecule has 0 unspecified atom stereocenters. The third kappa shape index (κ3) is 1.64. The van der Waals surface area contributed by atoms with Crippen LogP contribution in [0.15, 0.2) is 10.9 Å². The second-order valence-corrected chi connectivity index (χ2v) is 4.15. The van der Waals surface area contributed by atoms with Gasteiger partial charge < -0.3 is 9.67 Å². The fourth-order valence-electron chi connectivity index (χ4n) is 2.33. The number of aromatic nitrogens is 1. The van der Waals surface area contributed by atoms with Crippen LogP contribution in [0.3, 0.4) is 0 Å². The highest BCUT2D eigenvalue weighted by Gasteiger charge is 2.21. The number of aryl methyl sites for hydroxylation is 1. The Morgan fingerprint density at radius 1 is 1.50 bits per heavy atom. The summed E-state index contributed by atoms with van der Waals surface area (Å²) in [6.07, 6.45) is 3.64. The maximum absolute atomic E-state index is 11.9. The van der Waals surface area contributed by atoms with E-state index < -0.39 is 5.97 Å². The Kier molecular flexibility index (Phi) is 2.81. The minimum atomic E-state index is -1.12. The molecule has 0 saturated carbocycles. The van der Waals surface area contributed by atoms with Gasteiger partial charge >= 0.3 is 5.97 Å². The Labute approximate surface area is 93.5 Å². The summed E-state index contributed by atoms with van der Waals surface area (Å²) in [4.78, 5) is 22.9. The lowest BCUT2D eigenvalue weighted by Crippen LogP contribution is -2.29. The fourth-order valence-corrected chi connectivity index (χ4v) is 2.33. The molecule has 0 amide bonds. The van der Waals surface area contributed by atoms with Crippen molar-refractivity contribution in [1.29, 1.82) is 0 Å². The molecule has 1 aromatic rings. The fraction of sp³-hybridized carbons (Fsp3) is 0.500. The molecule has 1 N–H and O–H groups in total. The molecule has 0 saturated heterocycles. The first-order valence-electron chi connectivity index (χ1n) is 5.64. The summed E-state index contributed by atoms with van der Waals surface area (Å²) >= 11 is 0. The summed E-state index contributed by atoms with van der Waals surface area (Å²) in [7, 11) is 0. The van der Waals surface area contributed by atoms with Gasteiger partial charge in [0.05, 0.1) is 0 Å². The van der Waals surface area contributed by atoms with E-state index in [2.05, 4.69) is 0 Å². The van der Waals surface area contributed by atoms with E-state index in [-0.39, 0.29) is 11.1 Å². The maximum Gasteiger partial charge on any atom is 0.341 e. The van der Waals surface area contributed by atoms with Crippen LogP contribution < -0.4 is 5.56 Å². The normalized spacial score (nSPS) is 13.8. The van der Waals surface area contributed by atoms with Crippen LogP contribution in [-0.2, 0) is 19.4 Å². The van der Waals surface area contributed by atoms with Crippen LogP contribution in [-0.4, -0.2) is 15.6 Å². The van der Waals surface area contributed by atoms with E-state index in [1.165, 1.54) is 0 Å². The molecule has 1 heterocycles. The van der Waals surface area contributed by atoms with Crippen LogP contribution in [0.25, 0.3) is 0 Å². The predicted molar refractivity (Wildman–Crippen MR) is 60.0 cm³/mol. The molecule has 0 radical (unpaired) electrons. The number of carboxylic acids is 1. The molecule has 1 aromatic heterocycles. The topological polar surface area (TPSA) is 59.3 Å². The summed E-state index contributed by atoms with van der Waals surface area (Å²) in [6.45, 7) is 2.60. The number of hydrogen-bond acceptors (Lipinski definition) is 2. The van der Waals surface area contributed by atoms with Gasteiger partial charge in [-0.2, -0.15) is 0 Å². The number of pyridine rings is 1. The van der Waals surface area contributed by atoms with Crippen molar-refractivity contribution in [1.82, 2.24) is 4.57 Å². The average molecular weight is 221 g/mol. The average Bonchev–Trinajstić information content (AvgIpc) is 2.69. The van der Waals surface area contributed by atoms with E-state index in [1.54, 1.807) is 10.6 Å². The molecule has 0 spiro atoms. The Morgan fingerprint density at radius 3 is 2.88 bits per heavy atom. The first-order valence-corrected chi connectivity index (χ1v) is 5.64. The van der Waals surface area contributed by atoms with Gasteiger partial charge in [0, 0.05) is 12.2 Å². The van der Waals surface area contributed by atoms with E-state index in [9.17, 15) is 9.59 Å². The van der Waals surface area contributed by atoms with E-state index in [0.717, 1.165) is 36.9 Å². The van der Waals surface area contributed by atoms with Crippen molar-refractivity contribution in [3.8, 4) is 0 Å². The minimum absolute atomic E-state index is 0.0888. The molecule has 4 nitrogen and oxygen atoms in total. The lowest BCUT2D eigenvalue weighted by atomic mass is 10.1. The standard InChI is InChI=1S/C12H15NO3/c1-2-6-13-10-5-3-4-8(10)7-9(11(13)14)12(15)16/h7H,2-6H2,1H3,(H,15,16). The number of rotatable bonds is 3. The zero-order valence-electron chi connectivity index (χ0n) is 9.32. The Hall–Kier alpha value is -1.58. The number of carbonyl (C=O) groups is 1. The highest BCUT2D eigenvalue weighted by atomic mass is 16.4. The lowest BCUT2D eigenvalue weighted by molar-refractivity contribution is 0.0694. The van der Waals surface area contributed by atoms with Crippen LogP contribution in [0.4, 0.5) is 0 Å². The van der Waals surface area contributed by atoms with Crippen LogP contribution in [0.5, 0.6) is 0 Å². The largest absolute Gasteiger partial charge is 0.477 e. The number of carboxylic acid groups (broad SMARTS) is 1. The molecule has 16 heavy (non-hydrogen) atoms. The van der Waals surface area contributed by atoms with E-state index in [0.29, 0.717) is 6.54 Å². The molecule has 1 aliphatic carbocycles. The van der Waals surface area contributed by atoms with Gasteiger partial charge in [-0.3, -0.25) is 4.79 Å². The summed E-state index contributed by atoms with van der Waals surface area (Å²) in [5, 5.41) is 8.98. The molecule has 2 rings (SSSR count). The summed E-state index contributed by atoms with van der Waals surface area (Å²) in [5.74, 6) is -1.12. The van der Waals surface area contributed by atoms with Crippen molar-refractivity contribution in [2.24, 2.45) is 0 Å². The van der Waals surface area contributed by atoms with Crippen LogP contribution >= 0.6 is 0 Å². The van der Waals surface area contributed by atoms with Crippen molar-refractivity contribution >= 4 is 5.97 Å². The monoisotopic (exact) mass is 221 g/mol. The Balaban J connectivity index is 2.65. The van der Waals surface area contributed by atoms with Crippen molar-refractivity contribution in [2.45, 2.75) is 39.2 Å². The van der Waals surface area contributed by atoms with E-state index >= 15 is 0 Å². The Morgan fingerprint density at radius 2 is 2.25 bits per heavy atom. The van der Waals surface area contributed by atoms with Gasteiger partial charge in [-0.15, -0.1) is 0 Å². The molecule has 1 aliphatic rings. The van der Waals surface area contributed by atoms with Gasteiger partial charge in [0.25, 0.3) is 5.56 Å². The molecule has 0 bridgehead atoms. The molecular formula is C12H15NO3. The number of hydrogen-bond donors (Lipinski definition) is 1. The molecule has 0 aliphatic heterocycles. The van der Waals surface area contributed by atoms with Crippen molar-refractivity contribution in [3.05, 3.63) is 33.2 Å². The van der Waals surface area contributed by atoms with Crippen LogP contribution in [0.1, 0.15) is 41.4 Å². The van der Waals surface area contributed by atoms with Gasteiger partial charge in [-0.25, -0.2) is 4.79 Å². The highest BCUT2D eigenvalue weighted by Crippen LogP contribution is 2.21. The SMILES string of the molecule is CCCn1c2c(cc(C(=O)O)c1=O)CCC2. The van der Waals surface area contributed by atoms with Gasteiger partial charge in [-0.05, 0) is 37.3 Å². The van der Waals surface area contributed by atoms with E-state index in [4.69, 9.17) is 5.11 Å². The smallest absolute Gasteiger partial charge is 0.341 e. The molecular weight excluding hydrogens is 206 g/mol. The third-order valence-corrected chi connectivity index (χ3v) is 3.03. The molecule has 0 atom stereocenters. The first kappa shape index (κ1) is 10.9. The lowest BCUT2D eigenvalue weighted by Gasteiger charge is -2.12. The van der Waals surface area contributed by atoms with Crippen molar-refractivity contribution in [3.63, 3.8) is 0 Å². The quantitative estimate of drug-likeness (QED) is 0.840. The molecule has 0 fully saturated rings. The number of nitrogens with zero attached hydrogens (tertiary/aromatic N) is 1. The van der Waals surface area contributed by atoms with Crippen molar-refractivity contribution in [2.75, 3.05) is 0 Å². The summed E-state index contributed by atoms with van der Waals surface area (Å²) < 4.78 is 1.64. The van der Waals surface area contributed by atoms with E-state index in [1.807, 2.05) is 6.92 Å². The molecule has 0 aromatic carbocycles. The zero-order chi connectivity index (χ0) is 11.7. The summed E-state index contributed by atoms with van der Waals surface area (Å²) in [5.41, 5.74) is 1.63.